The summed E-state index contributed by atoms with van der Waals surface area (Å²) in [6, 6.07) is 17.0. The van der Waals surface area contributed by atoms with Gasteiger partial charge in [0, 0.05) is 29.8 Å². The lowest BCUT2D eigenvalue weighted by molar-refractivity contribution is -0.153. The number of ether oxygens (including phenoxy) is 1. The Morgan fingerprint density at radius 2 is 1.76 bits per heavy atom. The number of carbonyl (C=O) groups excluding carboxylic acids is 2. The normalized spacial score (nSPS) is 11.9. The zero-order valence-corrected chi connectivity index (χ0v) is 14.2. The van der Waals surface area contributed by atoms with Crippen molar-refractivity contribution in [2.45, 2.75) is 19.4 Å². The van der Waals surface area contributed by atoms with Gasteiger partial charge in [-0.15, -0.1) is 0 Å². The van der Waals surface area contributed by atoms with Gasteiger partial charge in [0.25, 0.3) is 5.91 Å². The van der Waals surface area contributed by atoms with Gasteiger partial charge in [-0.2, -0.15) is 0 Å². The Morgan fingerprint density at radius 1 is 1.08 bits per heavy atom. The summed E-state index contributed by atoms with van der Waals surface area (Å²) in [5.41, 5.74) is 2.59. The number of aromatic amines is 1. The molecule has 0 aliphatic carbocycles. The van der Waals surface area contributed by atoms with E-state index in [1.807, 2.05) is 54.6 Å². The number of rotatable bonds is 5. The van der Waals surface area contributed by atoms with Crippen molar-refractivity contribution in [3.8, 4) is 0 Å². The SMILES string of the molecule is C[C@@H](OC(=O)Cc1c[nH]c2ccccc12)C(=O)N(C)c1ccccc1. The quantitative estimate of drug-likeness (QED) is 0.727. The van der Waals surface area contributed by atoms with Crippen LogP contribution in [0.5, 0.6) is 0 Å². The van der Waals surface area contributed by atoms with Crippen molar-refractivity contribution in [2.75, 3.05) is 11.9 Å². The van der Waals surface area contributed by atoms with Crippen LogP contribution in [0.4, 0.5) is 5.69 Å². The Bertz CT molecular complexity index is 886. The number of esters is 1. The minimum Gasteiger partial charge on any atom is -0.452 e. The molecule has 1 N–H and O–H groups in total. The molecule has 0 aliphatic rings. The second-order valence-electron chi connectivity index (χ2n) is 5.90. The minimum atomic E-state index is -0.845. The molecule has 0 bridgehead atoms. The maximum Gasteiger partial charge on any atom is 0.311 e. The molecule has 1 heterocycles. The molecule has 2 aromatic carbocycles. The van der Waals surface area contributed by atoms with E-state index in [0.29, 0.717) is 0 Å². The number of hydrogen-bond donors (Lipinski definition) is 1. The number of likely N-dealkylation sites (N-methyl/N-ethyl adjacent to an activating group) is 1. The number of amides is 1. The van der Waals surface area contributed by atoms with Crippen LogP contribution >= 0.6 is 0 Å². The molecule has 0 spiro atoms. The van der Waals surface area contributed by atoms with Crippen LogP contribution in [0.15, 0.2) is 60.8 Å². The molecule has 0 aliphatic heterocycles. The Labute approximate surface area is 146 Å². The third kappa shape index (κ3) is 3.71. The highest BCUT2D eigenvalue weighted by Gasteiger charge is 2.22. The van der Waals surface area contributed by atoms with E-state index in [1.54, 1.807) is 20.2 Å². The summed E-state index contributed by atoms with van der Waals surface area (Å²) in [5.74, 6) is -0.689. The van der Waals surface area contributed by atoms with Crippen molar-refractivity contribution in [1.29, 1.82) is 0 Å². The number of anilines is 1. The smallest absolute Gasteiger partial charge is 0.311 e. The van der Waals surface area contributed by atoms with Gasteiger partial charge in [-0.05, 0) is 30.7 Å². The molecular weight excluding hydrogens is 316 g/mol. The fourth-order valence-electron chi connectivity index (χ4n) is 2.77. The van der Waals surface area contributed by atoms with Crippen LogP contribution in [0.25, 0.3) is 10.9 Å². The molecular formula is C20H20N2O3. The van der Waals surface area contributed by atoms with E-state index in [1.165, 1.54) is 4.90 Å². The van der Waals surface area contributed by atoms with Crippen LogP contribution in [0.3, 0.4) is 0 Å². The average Bonchev–Trinajstić information content (AvgIpc) is 3.04. The predicted octanol–water partition coefficient (Wildman–Crippen LogP) is 3.31. The van der Waals surface area contributed by atoms with Crippen LogP contribution in [-0.2, 0) is 20.7 Å². The monoisotopic (exact) mass is 336 g/mol. The van der Waals surface area contributed by atoms with E-state index in [-0.39, 0.29) is 12.3 Å². The van der Waals surface area contributed by atoms with Gasteiger partial charge < -0.3 is 14.6 Å². The van der Waals surface area contributed by atoms with Crippen LogP contribution in [0.1, 0.15) is 12.5 Å². The maximum atomic E-state index is 12.4. The van der Waals surface area contributed by atoms with Gasteiger partial charge in [-0.3, -0.25) is 9.59 Å². The van der Waals surface area contributed by atoms with E-state index >= 15 is 0 Å². The Balaban J connectivity index is 1.63. The third-order valence-electron chi connectivity index (χ3n) is 4.14. The first kappa shape index (κ1) is 16.8. The molecule has 1 atom stereocenters. The van der Waals surface area contributed by atoms with Gasteiger partial charge in [0.2, 0.25) is 0 Å². The van der Waals surface area contributed by atoms with E-state index in [2.05, 4.69) is 4.98 Å². The van der Waals surface area contributed by atoms with Crippen molar-refractivity contribution in [3.63, 3.8) is 0 Å². The maximum absolute atomic E-state index is 12.4. The van der Waals surface area contributed by atoms with Crippen molar-refractivity contribution >= 4 is 28.5 Å². The molecule has 3 rings (SSSR count). The lowest BCUT2D eigenvalue weighted by atomic mass is 10.1. The third-order valence-corrected chi connectivity index (χ3v) is 4.14. The summed E-state index contributed by atoms with van der Waals surface area (Å²) in [7, 11) is 1.67. The second-order valence-corrected chi connectivity index (χ2v) is 5.90. The van der Waals surface area contributed by atoms with Gasteiger partial charge in [0.05, 0.1) is 6.42 Å². The van der Waals surface area contributed by atoms with Crippen molar-refractivity contribution in [1.82, 2.24) is 4.98 Å². The van der Waals surface area contributed by atoms with Crippen molar-refractivity contribution < 1.29 is 14.3 Å². The summed E-state index contributed by atoms with van der Waals surface area (Å²) in [6.45, 7) is 1.59. The van der Waals surface area contributed by atoms with Crippen molar-refractivity contribution in [2.24, 2.45) is 0 Å². The summed E-state index contributed by atoms with van der Waals surface area (Å²) < 4.78 is 5.33. The second kappa shape index (κ2) is 7.21. The summed E-state index contributed by atoms with van der Waals surface area (Å²) in [4.78, 5) is 29.3. The standard InChI is InChI=1S/C20H20N2O3/c1-14(20(24)22(2)16-8-4-3-5-9-16)25-19(23)12-15-13-21-18-11-7-6-10-17(15)18/h3-11,13-14,21H,12H2,1-2H3/t14-/m1/s1. The van der Waals surface area contributed by atoms with E-state index in [9.17, 15) is 9.59 Å². The average molecular weight is 336 g/mol. The van der Waals surface area contributed by atoms with Crippen LogP contribution in [-0.4, -0.2) is 30.0 Å². The highest BCUT2D eigenvalue weighted by molar-refractivity contribution is 5.97. The van der Waals surface area contributed by atoms with Crippen LogP contribution in [0, 0.1) is 0 Å². The van der Waals surface area contributed by atoms with Crippen LogP contribution < -0.4 is 4.90 Å². The first-order chi connectivity index (χ1) is 12.1. The predicted molar refractivity (Wildman–Crippen MR) is 97.4 cm³/mol. The first-order valence-electron chi connectivity index (χ1n) is 8.13. The zero-order chi connectivity index (χ0) is 17.8. The fraction of sp³-hybridized carbons (Fsp3) is 0.200. The molecule has 3 aromatic rings. The number of benzene rings is 2. The summed E-state index contributed by atoms with van der Waals surface area (Å²) in [5, 5.41) is 0.986. The molecule has 5 nitrogen and oxygen atoms in total. The lowest BCUT2D eigenvalue weighted by Crippen LogP contribution is -2.37. The Kier molecular flexibility index (Phi) is 4.84. The number of carbonyl (C=O) groups is 2. The number of nitrogens with one attached hydrogen (secondary N) is 1. The molecule has 5 heteroatoms. The highest BCUT2D eigenvalue weighted by Crippen LogP contribution is 2.19. The van der Waals surface area contributed by atoms with Crippen LogP contribution in [0.2, 0.25) is 0 Å². The van der Waals surface area contributed by atoms with E-state index in [0.717, 1.165) is 22.2 Å². The summed E-state index contributed by atoms with van der Waals surface area (Å²) in [6.07, 6.45) is 1.08. The number of H-pyrrole nitrogens is 1. The first-order valence-corrected chi connectivity index (χ1v) is 8.13. The van der Waals surface area contributed by atoms with Gasteiger partial charge in [-0.1, -0.05) is 36.4 Å². The van der Waals surface area contributed by atoms with Gasteiger partial charge in [-0.25, -0.2) is 0 Å². The molecule has 0 saturated heterocycles. The molecule has 0 radical (unpaired) electrons. The van der Waals surface area contributed by atoms with Gasteiger partial charge in [0.1, 0.15) is 0 Å². The highest BCUT2D eigenvalue weighted by atomic mass is 16.5. The number of para-hydroxylation sites is 2. The number of nitrogens with zero attached hydrogens (tertiary/aromatic N) is 1. The molecule has 0 fully saturated rings. The lowest BCUT2D eigenvalue weighted by Gasteiger charge is -2.21. The van der Waals surface area contributed by atoms with E-state index < -0.39 is 12.1 Å². The molecule has 25 heavy (non-hydrogen) atoms. The largest absolute Gasteiger partial charge is 0.452 e. The number of aromatic nitrogens is 1. The molecule has 0 unspecified atom stereocenters. The number of hydrogen-bond acceptors (Lipinski definition) is 3. The van der Waals surface area contributed by atoms with Gasteiger partial charge in [0.15, 0.2) is 6.10 Å². The fourth-order valence-corrected chi connectivity index (χ4v) is 2.77. The Morgan fingerprint density at radius 3 is 2.52 bits per heavy atom. The molecule has 128 valence electrons. The molecule has 1 amide bonds. The topological polar surface area (TPSA) is 62.4 Å². The Hall–Kier alpha value is -3.08. The molecule has 1 aromatic heterocycles. The van der Waals surface area contributed by atoms with E-state index in [4.69, 9.17) is 4.74 Å². The number of fused-ring (bicyclic) bond motifs is 1. The zero-order valence-electron chi connectivity index (χ0n) is 14.2. The molecule has 0 saturated carbocycles. The summed E-state index contributed by atoms with van der Waals surface area (Å²) >= 11 is 0. The van der Waals surface area contributed by atoms with Crippen molar-refractivity contribution in [3.05, 3.63) is 66.4 Å². The van der Waals surface area contributed by atoms with Gasteiger partial charge >= 0.3 is 5.97 Å². The minimum absolute atomic E-state index is 0.122.